The van der Waals surface area contributed by atoms with E-state index >= 15 is 0 Å². The van der Waals surface area contributed by atoms with Crippen molar-refractivity contribution in [3.8, 4) is 0 Å². The van der Waals surface area contributed by atoms with Crippen LogP contribution in [-0.4, -0.2) is 30.5 Å². The highest BCUT2D eigenvalue weighted by molar-refractivity contribution is 5.89. The minimum Gasteiger partial charge on any atom is -0.351 e. The van der Waals surface area contributed by atoms with Crippen molar-refractivity contribution in [3.05, 3.63) is 81.4 Å². The Bertz CT molecular complexity index is 1280. The van der Waals surface area contributed by atoms with E-state index in [9.17, 15) is 9.59 Å². The summed E-state index contributed by atoms with van der Waals surface area (Å²) >= 11 is 0. The normalized spacial score (nSPS) is 10.9. The summed E-state index contributed by atoms with van der Waals surface area (Å²) in [6.07, 6.45) is 2.05. The van der Waals surface area contributed by atoms with E-state index in [2.05, 4.69) is 30.7 Å². The zero-order valence-electron chi connectivity index (χ0n) is 17.3. The number of pyridine rings is 1. The average Bonchev–Trinajstić information content (AvgIpc) is 3.16. The number of fused-ring (bicyclic) bond motifs is 1. The number of anilines is 2. The molecule has 1 amide bonds. The first-order chi connectivity index (χ1) is 15.0. The van der Waals surface area contributed by atoms with Crippen LogP contribution in [0, 0.1) is 13.8 Å². The van der Waals surface area contributed by atoms with Gasteiger partial charge in [-0.05, 0) is 43.5 Å². The van der Waals surface area contributed by atoms with E-state index in [0.29, 0.717) is 29.6 Å². The van der Waals surface area contributed by atoms with Crippen molar-refractivity contribution in [3.63, 3.8) is 0 Å². The van der Waals surface area contributed by atoms with Gasteiger partial charge in [0.1, 0.15) is 5.82 Å². The first-order valence-electron chi connectivity index (χ1n) is 9.98. The van der Waals surface area contributed by atoms with Crippen LogP contribution in [0.25, 0.3) is 5.78 Å². The molecule has 0 spiro atoms. The molecule has 0 bridgehead atoms. The SMILES string of the molecule is Cc1ccnc(NC(=O)CCc2c(C)nc3nc(NCc4ccccc4)[nH]n3c2=O)c1. The zero-order valence-corrected chi connectivity index (χ0v) is 17.3. The summed E-state index contributed by atoms with van der Waals surface area (Å²) in [5.74, 6) is 1.02. The number of nitrogens with one attached hydrogen (secondary N) is 3. The molecule has 31 heavy (non-hydrogen) atoms. The highest BCUT2D eigenvalue weighted by atomic mass is 16.1. The molecule has 0 fully saturated rings. The lowest BCUT2D eigenvalue weighted by Gasteiger charge is -2.06. The highest BCUT2D eigenvalue weighted by Gasteiger charge is 2.15. The molecule has 1 aromatic carbocycles. The molecular weight excluding hydrogens is 394 g/mol. The van der Waals surface area contributed by atoms with Crippen LogP contribution in [0.15, 0.2) is 53.5 Å². The Hall–Kier alpha value is -4.01. The minimum atomic E-state index is -0.260. The largest absolute Gasteiger partial charge is 0.351 e. The lowest BCUT2D eigenvalue weighted by Crippen LogP contribution is -2.23. The number of aryl methyl sites for hydroxylation is 2. The Balaban J connectivity index is 1.46. The van der Waals surface area contributed by atoms with Gasteiger partial charge in [-0.3, -0.25) is 14.7 Å². The Kier molecular flexibility index (Phi) is 5.74. The van der Waals surface area contributed by atoms with Gasteiger partial charge in [-0.2, -0.15) is 9.50 Å². The predicted octanol–water partition coefficient (Wildman–Crippen LogP) is 2.61. The number of aromatic amines is 1. The number of hydrogen-bond donors (Lipinski definition) is 3. The topological polar surface area (TPSA) is 117 Å². The Morgan fingerprint density at radius 1 is 1.13 bits per heavy atom. The molecule has 9 nitrogen and oxygen atoms in total. The van der Waals surface area contributed by atoms with Crippen LogP contribution in [0.5, 0.6) is 0 Å². The molecule has 0 aliphatic rings. The second-order valence-electron chi connectivity index (χ2n) is 7.29. The summed E-state index contributed by atoms with van der Waals surface area (Å²) in [4.78, 5) is 38.1. The van der Waals surface area contributed by atoms with Crippen molar-refractivity contribution in [2.24, 2.45) is 0 Å². The maximum Gasteiger partial charge on any atom is 0.277 e. The molecule has 9 heteroatoms. The molecule has 3 heterocycles. The third-order valence-electron chi connectivity index (χ3n) is 4.88. The standard InChI is InChI=1S/C22H23N7O2/c1-14-10-11-23-18(12-14)26-19(30)9-8-17-15(2)25-22-27-21(28-29(22)20(17)31)24-13-16-6-4-3-5-7-16/h3-7,10-12H,8-9,13H2,1-2H3,(H,23,26,30)(H2,24,25,27,28). The molecule has 0 aliphatic carbocycles. The van der Waals surface area contributed by atoms with Gasteiger partial charge in [-0.15, -0.1) is 0 Å². The van der Waals surface area contributed by atoms with Crippen LogP contribution < -0.4 is 16.2 Å². The summed E-state index contributed by atoms with van der Waals surface area (Å²) in [5, 5.41) is 8.86. The molecule has 0 saturated carbocycles. The van der Waals surface area contributed by atoms with Gasteiger partial charge in [0.2, 0.25) is 11.9 Å². The average molecular weight is 417 g/mol. The minimum absolute atomic E-state index is 0.146. The summed E-state index contributed by atoms with van der Waals surface area (Å²) in [5.41, 5.74) is 2.87. The van der Waals surface area contributed by atoms with Crippen molar-refractivity contribution in [2.75, 3.05) is 10.6 Å². The van der Waals surface area contributed by atoms with Gasteiger partial charge in [-0.25, -0.2) is 9.97 Å². The first-order valence-corrected chi connectivity index (χ1v) is 9.98. The fourth-order valence-electron chi connectivity index (χ4n) is 3.25. The smallest absolute Gasteiger partial charge is 0.277 e. The maximum absolute atomic E-state index is 12.9. The second kappa shape index (κ2) is 8.78. The van der Waals surface area contributed by atoms with Crippen LogP contribution in [0.2, 0.25) is 0 Å². The highest BCUT2D eigenvalue weighted by Crippen LogP contribution is 2.10. The van der Waals surface area contributed by atoms with Crippen molar-refractivity contribution >= 4 is 23.5 Å². The maximum atomic E-state index is 12.9. The Labute approximate surface area is 178 Å². The molecule has 4 rings (SSSR count). The molecule has 3 N–H and O–H groups in total. The number of amides is 1. The molecule has 3 aromatic heterocycles. The van der Waals surface area contributed by atoms with Crippen LogP contribution in [-0.2, 0) is 17.8 Å². The Morgan fingerprint density at radius 2 is 1.94 bits per heavy atom. The van der Waals surface area contributed by atoms with Crippen molar-refractivity contribution < 1.29 is 4.79 Å². The molecule has 0 aliphatic heterocycles. The second-order valence-corrected chi connectivity index (χ2v) is 7.29. The molecule has 0 atom stereocenters. The van der Waals surface area contributed by atoms with Gasteiger partial charge >= 0.3 is 0 Å². The monoisotopic (exact) mass is 417 g/mol. The quantitative estimate of drug-likeness (QED) is 0.426. The van der Waals surface area contributed by atoms with E-state index in [1.165, 1.54) is 4.52 Å². The van der Waals surface area contributed by atoms with Crippen LogP contribution >= 0.6 is 0 Å². The molecule has 0 radical (unpaired) electrons. The lowest BCUT2D eigenvalue weighted by molar-refractivity contribution is -0.116. The van der Waals surface area contributed by atoms with Crippen LogP contribution in [0.4, 0.5) is 11.8 Å². The Morgan fingerprint density at radius 3 is 2.71 bits per heavy atom. The van der Waals surface area contributed by atoms with E-state index < -0.39 is 0 Å². The summed E-state index contributed by atoms with van der Waals surface area (Å²) in [7, 11) is 0. The third-order valence-corrected chi connectivity index (χ3v) is 4.88. The number of aromatic nitrogens is 5. The molecule has 0 saturated heterocycles. The molecule has 4 aromatic rings. The first kappa shape index (κ1) is 20.3. The van der Waals surface area contributed by atoms with E-state index in [1.807, 2.05) is 43.3 Å². The predicted molar refractivity (Wildman–Crippen MR) is 118 cm³/mol. The van der Waals surface area contributed by atoms with Crippen molar-refractivity contribution in [1.82, 2.24) is 24.6 Å². The molecular formula is C22H23N7O2. The van der Waals surface area contributed by atoms with Gasteiger partial charge in [0.15, 0.2) is 0 Å². The zero-order chi connectivity index (χ0) is 21.8. The third kappa shape index (κ3) is 4.77. The van der Waals surface area contributed by atoms with Gasteiger partial charge < -0.3 is 10.6 Å². The fourth-order valence-corrected chi connectivity index (χ4v) is 3.25. The number of hydrogen-bond acceptors (Lipinski definition) is 6. The number of H-pyrrole nitrogens is 1. The van der Waals surface area contributed by atoms with Crippen molar-refractivity contribution in [2.45, 2.75) is 33.2 Å². The van der Waals surface area contributed by atoms with Gasteiger partial charge in [0, 0.05) is 24.7 Å². The lowest BCUT2D eigenvalue weighted by atomic mass is 10.1. The van der Waals surface area contributed by atoms with E-state index in [1.54, 1.807) is 19.2 Å². The number of benzene rings is 1. The van der Waals surface area contributed by atoms with Crippen LogP contribution in [0.3, 0.4) is 0 Å². The van der Waals surface area contributed by atoms with E-state index in [-0.39, 0.29) is 30.1 Å². The van der Waals surface area contributed by atoms with Gasteiger partial charge in [-0.1, -0.05) is 30.3 Å². The molecule has 158 valence electrons. The summed E-state index contributed by atoms with van der Waals surface area (Å²) in [6.45, 7) is 4.24. The van der Waals surface area contributed by atoms with Gasteiger partial charge in [0.05, 0.1) is 5.69 Å². The summed E-state index contributed by atoms with van der Waals surface area (Å²) < 4.78 is 1.30. The number of carbonyl (C=O) groups is 1. The number of carbonyl (C=O) groups excluding carboxylic acids is 1. The van der Waals surface area contributed by atoms with Crippen LogP contribution in [0.1, 0.15) is 28.8 Å². The number of nitrogens with zero attached hydrogens (tertiary/aromatic N) is 4. The van der Waals surface area contributed by atoms with E-state index in [0.717, 1.165) is 11.1 Å². The van der Waals surface area contributed by atoms with Crippen molar-refractivity contribution in [1.29, 1.82) is 0 Å². The molecule has 0 unspecified atom stereocenters. The summed E-state index contributed by atoms with van der Waals surface area (Å²) in [6, 6.07) is 13.5. The number of rotatable bonds is 7. The van der Waals surface area contributed by atoms with E-state index in [4.69, 9.17) is 0 Å². The van der Waals surface area contributed by atoms with Gasteiger partial charge in [0.25, 0.3) is 11.3 Å². The fraction of sp³-hybridized carbons (Fsp3) is 0.227.